The number of anilines is 3. The highest BCUT2D eigenvalue weighted by Crippen LogP contribution is 2.36. The van der Waals surface area contributed by atoms with Crippen molar-refractivity contribution in [3.63, 3.8) is 0 Å². The number of nitrogens with zero attached hydrogens (tertiary/aromatic N) is 5. The predicted molar refractivity (Wildman–Crippen MR) is 132 cm³/mol. The van der Waals surface area contributed by atoms with E-state index in [0.29, 0.717) is 28.7 Å². The van der Waals surface area contributed by atoms with E-state index in [1.165, 1.54) is 25.7 Å². The molecular weight excluding hydrogens is 440 g/mol. The van der Waals surface area contributed by atoms with Crippen molar-refractivity contribution in [2.24, 2.45) is 0 Å². The number of benzene rings is 1. The van der Waals surface area contributed by atoms with Crippen molar-refractivity contribution in [1.82, 2.24) is 19.9 Å². The molecule has 9 heteroatoms. The van der Waals surface area contributed by atoms with Gasteiger partial charge in [0.2, 0.25) is 11.9 Å². The maximum atomic E-state index is 6.51. The van der Waals surface area contributed by atoms with Crippen LogP contribution in [0.15, 0.2) is 18.2 Å². The Morgan fingerprint density at radius 1 is 1.03 bits per heavy atom. The van der Waals surface area contributed by atoms with Gasteiger partial charge in [-0.1, -0.05) is 24.4 Å². The second-order valence-corrected chi connectivity index (χ2v) is 9.35. The SMILES string of the molecule is CNc1nc(OC2CCCCCC2)nc(N(c2ccc(OC)c(Cl)c2)C2CCN(C)CC2)n1. The molecule has 33 heavy (non-hydrogen) atoms. The molecule has 0 unspecified atom stereocenters. The lowest BCUT2D eigenvalue weighted by Crippen LogP contribution is -2.42. The van der Waals surface area contributed by atoms with Gasteiger partial charge >= 0.3 is 6.01 Å². The molecule has 1 aromatic carbocycles. The van der Waals surface area contributed by atoms with Crippen molar-refractivity contribution in [2.45, 2.75) is 63.5 Å². The number of hydrogen-bond donors (Lipinski definition) is 1. The fourth-order valence-corrected chi connectivity index (χ4v) is 4.93. The number of ether oxygens (including phenoxy) is 2. The van der Waals surface area contributed by atoms with E-state index in [-0.39, 0.29) is 12.1 Å². The van der Waals surface area contributed by atoms with Gasteiger partial charge in [-0.3, -0.25) is 0 Å². The molecule has 4 rings (SSSR count). The van der Waals surface area contributed by atoms with E-state index >= 15 is 0 Å². The fraction of sp³-hybridized carbons (Fsp3) is 0.625. The monoisotopic (exact) mass is 474 g/mol. The molecule has 1 saturated carbocycles. The highest BCUT2D eigenvalue weighted by molar-refractivity contribution is 6.32. The Morgan fingerprint density at radius 3 is 2.39 bits per heavy atom. The summed E-state index contributed by atoms with van der Waals surface area (Å²) in [4.78, 5) is 18.6. The number of piperidine rings is 1. The van der Waals surface area contributed by atoms with Crippen LogP contribution in [0.2, 0.25) is 5.02 Å². The number of methoxy groups -OCH3 is 1. The number of aromatic nitrogens is 3. The zero-order valence-electron chi connectivity index (χ0n) is 19.9. The Hall–Kier alpha value is -2.32. The molecule has 0 amide bonds. The molecule has 2 aliphatic rings. The first kappa shape index (κ1) is 23.8. The lowest BCUT2D eigenvalue weighted by molar-refractivity contribution is 0.168. The summed E-state index contributed by atoms with van der Waals surface area (Å²) >= 11 is 6.51. The Morgan fingerprint density at radius 2 is 1.76 bits per heavy atom. The molecular formula is C24H35ClN6O2. The van der Waals surface area contributed by atoms with Gasteiger partial charge < -0.3 is 24.6 Å². The Kier molecular flexibility index (Phi) is 8.09. The van der Waals surface area contributed by atoms with E-state index in [2.05, 4.69) is 27.1 Å². The van der Waals surface area contributed by atoms with E-state index in [1.54, 1.807) is 7.11 Å². The van der Waals surface area contributed by atoms with Gasteiger partial charge in [-0.15, -0.1) is 0 Å². The molecule has 1 aromatic heterocycles. The number of halogens is 1. The summed E-state index contributed by atoms with van der Waals surface area (Å²) in [5, 5.41) is 3.64. The van der Waals surface area contributed by atoms with Crippen LogP contribution in [0.3, 0.4) is 0 Å². The van der Waals surface area contributed by atoms with Crippen LogP contribution in [0.5, 0.6) is 11.8 Å². The summed E-state index contributed by atoms with van der Waals surface area (Å²) in [6, 6.07) is 6.45. The average molecular weight is 475 g/mol. The number of nitrogens with one attached hydrogen (secondary N) is 1. The smallest absolute Gasteiger partial charge is 0.323 e. The van der Waals surface area contributed by atoms with E-state index in [4.69, 9.17) is 31.0 Å². The largest absolute Gasteiger partial charge is 0.495 e. The van der Waals surface area contributed by atoms with Crippen LogP contribution in [-0.4, -0.2) is 66.3 Å². The third-order valence-corrected chi connectivity index (χ3v) is 6.88. The fourth-order valence-electron chi connectivity index (χ4n) is 4.67. The minimum atomic E-state index is 0.152. The summed E-state index contributed by atoms with van der Waals surface area (Å²) in [5.74, 6) is 1.72. The number of rotatable bonds is 7. The molecule has 1 saturated heterocycles. The molecule has 1 N–H and O–H groups in total. The van der Waals surface area contributed by atoms with E-state index in [9.17, 15) is 0 Å². The quantitative estimate of drug-likeness (QED) is 0.567. The zero-order valence-corrected chi connectivity index (χ0v) is 20.6. The maximum Gasteiger partial charge on any atom is 0.323 e. The summed E-state index contributed by atoms with van der Waals surface area (Å²) < 4.78 is 11.7. The lowest BCUT2D eigenvalue weighted by atomic mass is 10.0. The number of hydrogen-bond acceptors (Lipinski definition) is 8. The first-order valence-corrected chi connectivity index (χ1v) is 12.4. The first-order valence-electron chi connectivity index (χ1n) is 12.0. The summed E-state index contributed by atoms with van der Waals surface area (Å²) in [5.41, 5.74) is 0.934. The van der Waals surface area contributed by atoms with E-state index < -0.39 is 0 Å². The standard InChI is InChI=1S/C24H35ClN6O2/c1-26-22-27-23(29-24(28-22)33-19-8-6-4-5-7-9-19)31(17-12-14-30(2)15-13-17)18-10-11-21(32-3)20(25)16-18/h10-11,16-17,19H,4-9,12-15H2,1-3H3,(H,26,27,28,29). The molecule has 0 spiro atoms. The van der Waals surface area contributed by atoms with Crippen molar-refractivity contribution in [3.05, 3.63) is 23.2 Å². The minimum Gasteiger partial charge on any atom is -0.495 e. The van der Waals surface area contributed by atoms with Gasteiger partial charge in [0.25, 0.3) is 0 Å². The van der Waals surface area contributed by atoms with Crippen molar-refractivity contribution in [3.8, 4) is 11.8 Å². The Labute approximate surface area is 201 Å². The third-order valence-electron chi connectivity index (χ3n) is 6.58. The molecule has 2 heterocycles. The van der Waals surface area contributed by atoms with Crippen LogP contribution in [-0.2, 0) is 0 Å². The van der Waals surface area contributed by atoms with E-state index in [0.717, 1.165) is 44.5 Å². The molecule has 0 radical (unpaired) electrons. The second-order valence-electron chi connectivity index (χ2n) is 8.95. The van der Waals surface area contributed by atoms with Gasteiger partial charge in [-0.05, 0) is 76.9 Å². The van der Waals surface area contributed by atoms with Crippen LogP contribution in [0.4, 0.5) is 17.6 Å². The summed E-state index contributed by atoms with van der Waals surface area (Å²) in [6.07, 6.45) is 9.16. The highest BCUT2D eigenvalue weighted by Gasteiger charge is 2.29. The summed E-state index contributed by atoms with van der Waals surface area (Å²) in [7, 11) is 5.60. The Bertz CT molecular complexity index is 914. The molecule has 1 aliphatic heterocycles. The topological polar surface area (TPSA) is 75.6 Å². The van der Waals surface area contributed by atoms with Gasteiger partial charge in [-0.25, -0.2) is 0 Å². The van der Waals surface area contributed by atoms with Crippen LogP contribution in [0.25, 0.3) is 0 Å². The van der Waals surface area contributed by atoms with Crippen LogP contribution in [0.1, 0.15) is 51.4 Å². The lowest BCUT2D eigenvalue weighted by Gasteiger charge is -2.37. The van der Waals surface area contributed by atoms with Crippen LogP contribution >= 0.6 is 11.6 Å². The van der Waals surface area contributed by atoms with Gasteiger partial charge in [0.1, 0.15) is 11.9 Å². The van der Waals surface area contributed by atoms with Crippen LogP contribution < -0.4 is 19.7 Å². The average Bonchev–Trinajstić information content (AvgIpc) is 3.09. The van der Waals surface area contributed by atoms with Crippen molar-refractivity contribution in [2.75, 3.05) is 44.5 Å². The first-order chi connectivity index (χ1) is 16.1. The van der Waals surface area contributed by atoms with Gasteiger partial charge in [0.15, 0.2) is 0 Å². The van der Waals surface area contributed by atoms with Crippen molar-refractivity contribution >= 4 is 29.2 Å². The predicted octanol–water partition coefficient (Wildman–Crippen LogP) is 4.91. The molecule has 180 valence electrons. The normalized spacial score (nSPS) is 18.5. The van der Waals surface area contributed by atoms with Gasteiger partial charge in [-0.2, -0.15) is 15.0 Å². The molecule has 0 atom stereocenters. The molecule has 8 nitrogen and oxygen atoms in total. The number of likely N-dealkylation sites (tertiary alicyclic amines) is 1. The molecule has 1 aliphatic carbocycles. The Balaban J connectivity index is 1.69. The summed E-state index contributed by atoms with van der Waals surface area (Å²) in [6.45, 7) is 2.03. The van der Waals surface area contributed by atoms with Gasteiger partial charge in [0, 0.05) is 18.8 Å². The van der Waals surface area contributed by atoms with E-state index in [1.807, 2.05) is 25.2 Å². The van der Waals surface area contributed by atoms with Crippen LogP contribution in [0, 0.1) is 0 Å². The second kappa shape index (κ2) is 11.2. The van der Waals surface area contributed by atoms with Gasteiger partial charge in [0.05, 0.1) is 12.1 Å². The molecule has 0 bridgehead atoms. The maximum absolute atomic E-state index is 6.51. The highest BCUT2D eigenvalue weighted by atomic mass is 35.5. The molecule has 2 aromatic rings. The van der Waals surface area contributed by atoms with Crippen molar-refractivity contribution in [1.29, 1.82) is 0 Å². The molecule has 2 fully saturated rings. The zero-order chi connectivity index (χ0) is 23.2. The third kappa shape index (κ3) is 5.98. The minimum absolute atomic E-state index is 0.152. The van der Waals surface area contributed by atoms with Crippen molar-refractivity contribution < 1.29 is 9.47 Å².